The van der Waals surface area contributed by atoms with E-state index < -0.39 is 0 Å². The standard InChI is InChI=1S/C48H26S3/c1-3-12-34-32(10-1)46(33-11-2-4-13-35(33)47(34)29-17-20-31-30-9-5-7-15-40(30)50-44(31)25-29)28-19-21-42-38(23-28)39-26-37-27(24-45(39)51-42)18-22-43-48(37)36-14-6-8-16-41(36)49-43/h1-26H. The lowest BCUT2D eigenvalue weighted by Crippen LogP contribution is -1.90. The summed E-state index contributed by atoms with van der Waals surface area (Å²) in [5.41, 5.74) is 5.15. The Labute approximate surface area is 305 Å². The highest BCUT2D eigenvalue weighted by atomic mass is 32.1. The first-order chi connectivity index (χ1) is 25.3. The minimum Gasteiger partial charge on any atom is -0.135 e. The summed E-state index contributed by atoms with van der Waals surface area (Å²) in [6, 6.07) is 59.4. The lowest BCUT2D eigenvalue weighted by molar-refractivity contribution is 1.70. The van der Waals surface area contributed by atoms with E-state index in [9.17, 15) is 0 Å². The van der Waals surface area contributed by atoms with E-state index in [1.54, 1.807) is 0 Å². The van der Waals surface area contributed by atoms with Crippen LogP contribution in [0.25, 0.3) is 115 Å². The quantitative estimate of drug-likeness (QED) is 0.158. The molecule has 0 fully saturated rings. The Hall–Kier alpha value is -5.58. The van der Waals surface area contributed by atoms with E-state index in [0.29, 0.717) is 0 Å². The van der Waals surface area contributed by atoms with Crippen molar-refractivity contribution in [3.8, 4) is 22.3 Å². The topological polar surface area (TPSA) is 0 Å². The molecule has 12 rings (SSSR count). The second kappa shape index (κ2) is 10.5. The first-order valence-corrected chi connectivity index (χ1v) is 19.8. The van der Waals surface area contributed by atoms with Gasteiger partial charge in [-0.1, -0.05) is 109 Å². The van der Waals surface area contributed by atoms with Gasteiger partial charge in [-0.25, -0.2) is 0 Å². The Kier molecular flexibility index (Phi) is 5.78. The molecule has 51 heavy (non-hydrogen) atoms. The fourth-order valence-corrected chi connectivity index (χ4v) is 12.0. The smallest absolute Gasteiger partial charge is 0.0361 e. The van der Waals surface area contributed by atoms with Crippen LogP contribution in [0, 0.1) is 0 Å². The van der Waals surface area contributed by atoms with Gasteiger partial charge in [0.1, 0.15) is 0 Å². The van der Waals surface area contributed by atoms with E-state index in [1.165, 1.54) is 115 Å². The van der Waals surface area contributed by atoms with Crippen LogP contribution in [0.2, 0.25) is 0 Å². The van der Waals surface area contributed by atoms with Gasteiger partial charge in [-0.05, 0) is 103 Å². The molecular weight excluding hydrogens is 673 g/mol. The maximum Gasteiger partial charge on any atom is 0.0361 e. The van der Waals surface area contributed by atoms with Gasteiger partial charge in [0.15, 0.2) is 0 Å². The third-order valence-electron chi connectivity index (χ3n) is 10.8. The summed E-state index contributed by atoms with van der Waals surface area (Å²) in [4.78, 5) is 0. The van der Waals surface area contributed by atoms with Gasteiger partial charge in [0.2, 0.25) is 0 Å². The summed E-state index contributed by atoms with van der Waals surface area (Å²) in [5, 5.41) is 15.9. The number of hydrogen-bond donors (Lipinski definition) is 0. The third kappa shape index (κ3) is 4.00. The fourth-order valence-electron chi connectivity index (χ4n) is 8.61. The summed E-state index contributed by atoms with van der Waals surface area (Å²) in [6.45, 7) is 0. The molecule has 0 amide bonds. The van der Waals surface area contributed by atoms with Crippen LogP contribution < -0.4 is 0 Å². The van der Waals surface area contributed by atoms with Crippen LogP contribution in [0.1, 0.15) is 0 Å². The molecule has 3 heterocycles. The van der Waals surface area contributed by atoms with E-state index in [0.717, 1.165) is 0 Å². The van der Waals surface area contributed by atoms with E-state index in [2.05, 4.69) is 158 Å². The number of hydrogen-bond acceptors (Lipinski definition) is 3. The van der Waals surface area contributed by atoms with Crippen LogP contribution in [0.15, 0.2) is 158 Å². The number of fused-ring (bicyclic) bond motifs is 13. The number of thiophene rings is 3. The molecule has 0 radical (unpaired) electrons. The molecule has 236 valence electrons. The molecule has 0 saturated heterocycles. The molecule has 0 spiro atoms. The van der Waals surface area contributed by atoms with Crippen LogP contribution in [0.5, 0.6) is 0 Å². The second-order valence-corrected chi connectivity index (χ2v) is 16.8. The molecule has 0 atom stereocenters. The molecule has 0 saturated carbocycles. The summed E-state index contributed by atoms with van der Waals surface area (Å²) < 4.78 is 8.05. The van der Waals surface area contributed by atoms with Gasteiger partial charge in [0.25, 0.3) is 0 Å². The molecule has 9 aromatic carbocycles. The van der Waals surface area contributed by atoms with Crippen molar-refractivity contribution in [1.82, 2.24) is 0 Å². The molecule has 0 bridgehead atoms. The molecule has 12 aromatic rings. The molecule has 0 aliphatic heterocycles. The predicted molar refractivity (Wildman–Crippen MR) is 228 cm³/mol. The first kappa shape index (κ1) is 28.2. The van der Waals surface area contributed by atoms with Crippen molar-refractivity contribution in [2.75, 3.05) is 0 Å². The summed E-state index contributed by atoms with van der Waals surface area (Å²) >= 11 is 5.69. The molecule has 0 nitrogen and oxygen atoms in total. The normalized spacial score (nSPS) is 12.3. The van der Waals surface area contributed by atoms with Crippen molar-refractivity contribution in [2.24, 2.45) is 0 Å². The Morgan fingerprint density at radius 2 is 0.725 bits per heavy atom. The Bertz CT molecular complexity index is 3370. The molecule has 0 unspecified atom stereocenters. The fraction of sp³-hybridized carbons (Fsp3) is 0. The van der Waals surface area contributed by atoms with Crippen LogP contribution in [-0.4, -0.2) is 0 Å². The average Bonchev–Trinajstić information content (AvgIpc) is 3.86. The second-order valence-electron chi connectivity index (χ2n) is 13.6. The molecule has 3 heteroatoms. The van der Waals surface area contributed by atoms with E-state index >= 15 is 0 Å². The largest absolute Gasteiger partial charge is 0.135 e. The zero-order valence-corrected chi connectivity index (χ0v) is 29.7. The van der Waals surface area contributed by atoms with Crippen LogP contribution in [-0.2, 0) is 0 Å². The lowest BCUT2D eigenvalue weighted by atomic mass is 9.85. The van der Waals surface area contributed by atoms with Gasteiger partial charge in [0.05, 0.1) is 0 Å². The minimum absolute atomic E-state index is 1.26. The SMILES string of the molecule is c1ccc2c(c1)sc1cc(-c3c4ccccc4c(-c4ccc5sc6cc7ccc8sc9ccccc9c8c7cc6c5c4)c4ccccc34)ccc12. The Morgan fingerprint density at radius 1 is 0.255 bits per heavy atom. The highest BCUT2D eigenvalue weighted by Gasteiger charge is 2.19. The molecule has 3 aromatic heterocycles. The van der Waals surface area contributed by atoms with Crippen LogP contribution in [0.3, 0.4) is 0 Å². The van der Waals surface area contributed by atoms with E-state index in [1.807, 2.05) is 34.0 Å². The third-order valence-corrected chi connectivity index (χ3v) is 14.2. The Balaban J connectivity index is 1.12. The first-order valence-electron chi connectivity index (χ1n) is 17.3. The van der Waals surface area contributed by atoms with Gasteiger partial charge >= 0.3 is 0 Å². The molecular formula is C48H26S3. The zero-order chi connectivity index (χ0) is 33.2. The van der Waals surface area contributed by atoms with Crippen molar-refractivity contribution in [2.45, 2.75) is 0 Å². The minimum atomic E-state index is 1.26. The van der Waals surface area contributed by atoms with Crippen LogP contribution >= 0.6 is 34.0 Å². The zero-order valence-electron chi connectivity index (χ0n) is 27.2. The maximum atomic E-state index is 2.47. The lowest BCUT2D eigenvalue weighted by Gasteiger charge is -2.18. The predicted octanol–water partition coefficient (Wildman–Crippen LogP) is 15.6. The van der Waals surface area contributed by atoms with Crippen LogP contribution in [0.4, 0.5) is 0 Å². The van der Waals surface area contributed by atoms with Gasteiger partial charge in [-0.15, -0.1) is 34.0 Å². The van der Waals surface area contributed by atoms with E-state index in [4.69, 9.17) is 0 Å². The Morgan fingerprint density at radius 3 is 1.43 bits per heavy atom. The number of rotatable bonds is 2. The monoisotopic (exact) mass is 698 g/mol. The van der Waals surface area contributed by atoms with Gasteiger partial charge in [-0.3, -0.25) is 0 Å². The van der Waals surface area contributed by atoms with Gasteiger partial charge < -0.3 is 0 Å². The summed E-state index contributed by atoms with van der Waals surface area (Å²) in [6.07, 6.45) is 0. The molecule has 0 N–H and O–H groups in total. The number of benzene rings is 9. The molecule has 0 aliphatic rings. The van der Waals surface area contributed by atoms with Gasteiger partial charge in [0, 0.05) is 60.5 Å². The van der Waals surface area contributed by atoms with Gasteiger partial charge in [-0.2, -0.15) is 0 Å². The van der Waals surface area contributed by atoms with Crippen molar-refractivity contribution >= 4 is 127 Å². The summed E-state index contributed by atoms with van der Waals surface area (Å²) in [5.74, 6) is 0. The maximum absolute atomic E-state index is 2.47. The van der Waals surface area contributed by atoms with Crippen molar-refractivity contribution in [3.05, 3.63) is 158 Å². The summed E-state index contributed by atoms with van der Waals surface area (Å²) in [7, 11) is 0. The van der Waals surface area contributed by atoms with Crippen molar-refractivity contribution < 1.29 is 0 Å². The van der Waals surface area contributed by atoms with Crippen molar-refractivity contribution in [3.63, 3.8) is 0 Å². The highest BCUT2D eigenvalue weighted by molar-refractivity contribution is 7.26. The average molecular weight is 699 g/mol. The molecule has 0 aliphatic carbocycles. The van der Waals surface area contributed by atoms with E-state index in [-0.39, 0.29) is 0 Å². The van der Waals surface area contributed by atoms with Crippen molar-refractivity contribution in [1.29, 1.82) is 0 Å². The highest BCUT2D eigenvalue weighted by Crippen LogP contribution is 2.48.